The quantitative estimate of drug-likeness (QED) is 0.304. The van der Waals surface area contributed by atoms with E-state index in [-0.39, 0.29) is 28.9 Å². The second-order valence-electron chi connectivity index (χ2n) is 11.9. The molecular formula is C31H39N7O5S. The molecule has 2 aliphatic heterocycles. The van der Waals surface area contributed by atoms with Gasteiger partial charge in [0.1, 0.15) is 11.6 Å². The molecule has 0 spiro atoms. The van der Waals surface area contributed by atoms with Crippen molar-refractivity contribution in [2.45, 2.75) is 75.9 Å². The number of nitrogens with zero attached hydrogens (tertiary/aromatic N) is 4. The Morgan fingerprint density at radius 1 is 1.11 bits per heavy atom. The molecule has 44 heavy (non-hydrogen) atoms. The summed E-state index contributed by atoms with van der Waals surface area (Å²) >= 11 is 0. The monoisotopic (exact) mass is 621 g/mol. The lowest BCUT2D eigenvalue weighted by Gasteiger charge is -2.23. The first-order valence-corrected chi connectivity index (χ1v) is 16.2. The Kier molecular flexibility index (Phi) is 8.54. The van der Waals surface area contributed by atoms with Gasteiger partial charge in [0.25, 0.3) is 5.91 Å². The molecule has 0 bridgehead atoms. The molecule has 5 rings (SSSR count). The number of benzene rings is 2. The van der Waals surface area contributed by atoms with Crippen molar-refractivity contribution >= 4 is 44.8 Å². The summed E-state index contributed by atoms with van der Waals surface area (Å²) in [5.41, 5.74) is 8.58. The molecule has 4 N–H and O–H groups in total. The fraction of sp³-hybridized carbons (Fsp3) is 0.419. The lowest BCUT2D eigenvalue weighted by Crippen LogP contribution is -2.37. The third-order valence-electron chi connectivity index (χ3n) is 7.98. The van der Waals surface area contributed by atoms with E-state index in [9.17, 15) is 18.0 Å². The van der Waals surface area contributed by atoms with E-state index < -0.39 is 27.0 Å². The van der Waals surface area contributed by atoms with Crippen LogP contribution in [0.1, 0.15) is 55.6 Å². The fourth-order valence-electron chi connectivity index (χ4n) is 5.59. The van der Waals surface area contributed by atoms with Gasteiger partial charge in [-0.1, -0.05) is 12.1 Å². The van der Waals surface area contributed by atoms with Gasteiger partial charge in [-0.15, -0.1) is 0 Å². The van der Waals surface area contributed by atoms with Crippen LogP contribution in [0.2, 0.25) is 0 Å². The molecule has 3 heterocycles. The number of fused-ring (bicyclic) bond motifs is 1. The number of aromatic nitrogens is 2. The highest BCUT2D eigenvalue weighted by Crippen LogP contribution is 2.38. The maximum atomic E-state index is 13.6. The zero-order valence-electron chi connectivity index (χ0n) is 25.8. The lowest BCUT2D eigenvalue weighted by atomic mass is 10.1. The number of carbonyl (C=O) groups excluding carboxylic acids is 2. The van der Waals surface area contributed by atoms with Crippen molar-refractivity contribution in [3.63, 3.8) is 0 Å². The number of rotatable bonds is 10. The number of nitrogens with one attached hydrogen (secondary N) is 2. The minimum atomic E-state index is -3.55. The number of hydrogen-bond donors (Lipinski definition) is 3. The summed E-state index contributed by atoms with van der Waals surface area (Å²) in [6.45, 7) is 9.91. The topological polar surface area (TPSA) is 160 Å². The summed E-state index contributed by atoms with van der Waals surface area (Å²) in [6.07, 6.45) is 1.98. The summed E-state index contributed by atoms with van der Waals surface area (Å²) in [4.78, 5) is 38.4. The summed E-state index contributed by atoms with van der Waals surface area (Å²) < 4.78 is 32.1. The van der Waals surface area contributed by atoms with Crippen molar-refractivity contribution in [1.29, 1.82) is 0 Å². The Bertz CT molecular complexity index is 1710. The predicted molar refractivity (Wildman–Crippen MR) is 168 cm³/mol. The molecule has 0 radical (unpaired) electrons. The van der Waals surface area contributed by atoms with Crippen molar-refractivity contribution in [3.8, 4) is 5.75 Å². The Morgan fingerprint density at radius 2 is 1.84 bits per heavy atom. The number of nitrogens with two attached hydrogens (primary N) is 1. The van der Waals surface area contributed by atoms with Crippen LogP contribution in [-0.4, -0.2) is 77.0 Å². The van der Waals surface area contributed by atoms with Crippen LogP contribution in [0.5, 0.6) is 5.75 Å². The largest absolute Gasteiger partial charge is 0.489 e. The average Bonchev–Trinajstić information content (AvgIpc) is 3.49. The van der Waals surface area contributed by atoms with E-state index >= 15 is 0 Å². The standard InChI is InChI=1S/C31H39N7O5S/c1-17(2)43-26-11-20-15-38(21-12-25(28(32)39)37(6)16-21)30(40)22(20)13-24(26)35-31-33-14-19(5)29(36-31)34-23-9-7-8-10-27(23)44(41,42)18(3)4/h7-11,13-14,17-18,21,25H,12,15-16H2,1-6H3,(H2,32,39)(H2,33,34,35,36)/t21?,25-/m0/s1. The second-order valence-corrected chi connectivity index (χ2v) is 14.4. The number of likely N-dealkylation sites (tertiary alicyclic amines) is 1. The molecule has 3 aromatic rings. The molecule has 0 saturated carbocycles. The van der Waals surface area contributed by atoms with E-state index in [4.69, 9.17) is 10.5 Å². The third-order valence-corrected chi connectivity index (χ3v) is 10.2. The highest BCUT2D eigenvalue weighted by Gasteiger charge is 2.41. The van der Waals surface area contributed by atoms with Crippen molar-refractivity contribution in [2.24, 2.45) is 5.73 Å². The number of anilines is 4. The van der Waals surface area contributed by atoms with E-state index in [1.165, 1.54) is 0 Å². The number of likely N-dealkylation sites (N-methyl/N-ethyl adjacent to an activating group) is 1. The van der Waals surface area contributed by atoms with Crippen LogP contribution in [0, 0.1) is 6.92 Å². The Morgan fingerprint density at radius 3 is 2.50 bits per heavy atom. The Hall–Kier alpha value is -4.23. The number of amides is 2. The molecule has 2 aromatic carbocycles. The van der Waals surface area contributed by atoms with Crippen LogP contribution in [-0.2, 0) is 21.2 Å². The SMILES string of the molecule is Cc1cnc(Nc2cc3c(cc2OC(C)C)CN(C2C[C@@H](C(N)=O)N(C)C2)C3=O)nc1Nc1ccccc1S(=O)(=O)C(C)C. The number of ether oxygens (including phenoxy) is 1. The van der Waals surface area contributed by atoms with Gasteiger partial charge < -0.3 is 26.0 Å². The van der Waals surface area contributed by atoms with Crippen LogP contribution >= 0.6 is 0 Å². The van der Waals surface area contributed by atoms with E-state index in [1.807, 2.05) is 38.8 Å². The first-order chi connectivity index (χ1) is 20.8. The van der Waals surface area contributed by atoms with Crippen LogP contribution in [0.4, 0.5) is 23.1 Å². The van der Waals surface area contributed by atoms with Crippen LogP contribution in [0.25, 0.3) is 0 Å². The lowest BCUT2D eigenvalue weighted by molar-refractivity contribution is -0.121. The van der Waals surface area contributed by atoms with E-state index in [0.717, 1.165) is 5.56 Å². The van der Waals surface area contributed by atoms with Crippen LogP contribution in [0.15, 0.2) is 47.5 Å². The molecular weight excluding hydrogens is 582 g/mol. The molecule has 1 aromatic heterocycles. The summed E-state index contributed by atoms with van der Waals surface area (Å²) in [7, 11) is -1.71. The molecule has 0 aliphatic carbocycles. The number of para-hydroxylation sites is 1. The van der Waals surface area contributed by atoms with E-state index in [0.29, 0.717) is 53.6 Å². The van der Waals surface area contributed by atoms with Gasteiger partial charge in [0, 0.05) is 36.5 Å². The predicted octanol–water partition coefficient (Wildman–Crippen LogP) is 3.76. The molecule has 12 nitrogen and oxygen atoms in total. The highest BCUT2D eigenvalue weighted by molar-refractivity contribution is 7.92. The molecule has 2 atom stereocenters. The summed E-state index contributed by atoms with van der Waals surface area (Å²) in [5.74, 6) is 0.685. The maximum Gasteiger partial charge on any atom is 0.254 e. The minimum Gasteiger partial charge on any atom is -0.489 e. The van der Waals surface area contributed by atoms with Gasteiger partial charge in [-0.2, -0.15) is 4.98 Å². The maximum absolute atomic E-state index is 13.6. The van der Waals surface area contributed by atoms with Crippen molar-refractivity contribution < 1.29 is 22.7 Å². The molecule has 1 fully saturated rings. The Balaban J connectivity index is 1.44. The first kappa shape index (κ1) is 31.2. The highest BCUT2D eigenvalue weighted by atomic mass is 32.2. The number of hydrogen-bond acceptors (Lipinski definition) is 10. The van der Waals surface area contributed by atoms with Crippen LogP contribution in [0.3, 0.4) is 0 Å². The molecule has 234 valence electrons. The zero-order valence-corrected chi connectivity index (χ0v) is 26.6. The van der Waals surface area contributed by atoms with Gasteiger partial charge in [0.05, 0.1) is 33.7 Å². The number of aryl methyl sites for hydroxylation is 1. The van der Waals surface area contributed by atoms with Gasteiger partial charge in [0.15, 0.2) is 9.84 Å². The molecule has 2 amide bonds. The van der Waals surface area contributed by atoms with E-state index in [1.54, 1.807) is 55.3 Å². The summed E-state index contributed by atoms with van der Waals surface area (Å²) in [5, 5.41) is 5.80. The molecule has 13 heteroatoms. The zero-order chi connectivity index (χ0) is 31.9. The molecule has 2 aliphatic rings. The van der Waals surface area contributed by atoms with Crippen LogP contribution < -0.4 is 21.1 Å². The Labute approximate surface area is 257 Å². The summed E-state index contributed by atoms with van der Waals surface area (Å²) in [6, 6.07) is 9.78. The smallest absolute Gasteiger partial charge is 0.254 e. The van der Waals surface area contributed by atoms with Crippen molar-refractivity contribution in [1.82, 2.24) is 19.8 Å². The third kappa shape index (κ3) is 6.06. The average molecular weight is 622 g/mol. The van der Waals surface area contributed by atoms with Gasteiger partial charge >= 0.3 is 0 Å². The van der Waals surface area contributed by atoms with Crippen molar-refractivity contribution in [2.75, 3.05) is 24.2 Å². The van der Waals surface area contributed by atoms with E-state index in [2.05, 4.69) is 20.6 Å². The van der Waals surface area contributed by atoms with Crippen molar-refractivity contribution in [3.05, 3.63) is 59.3 Å². The van der Waals surface area contributed by atoms with Gasteiger partial charge in [-0.25, -0.2) is 13.4 Å². The fourth-order valence-corrected chi connectivity index (χ4v) is 6.79. The van der Waals surface area contributed by atoms with Gasteiger partial charge in [-0.3, -0.25) is 14.5 Å². The number of sulfone groups is 1. The molecule has 1 unspecified atom stereocenters. The minimum absolute atomic E-state index is 0.127. The van der Waals surface area contributed by atoms with Gasteiger partial charge in [-0.05, 0) is 77.9 Å². The number of carbonyl (C=O) groups is 2. The molecule has 1 saturated heterocycles. The van der Waals surface area contributed by atoms with Gasteiger partial charge in [0.2, 0.25) is 11.9 Å². The second kappa shape index (κ2) is 12.0. The normalized spacial score (nSPS) is 18.6. The number of primary amides is 1. The first-order valence-electron chi connectivity index (χ1n) is 14.6.